The van der Waals surface area contributed by atoms with E-state index >= 15 is 0 Å². The molecule has 0 aromatic carbocycles. The predicted octanol–water partition coefficient (Wildman–Crippen LogP) is 1.26. The third-order valence-corrected chi connectivity index (χ3v) is 0.726. The number of hydrogen-bond donors (Lipinski definition) is 0. The van der Waals surface area contributed by atoms with Gasteiger partial charge in [0.2, 0.25) is 0 Å². The molecule has 1 nitrogen and oxygen atoms in total. The Balaban J connectivity index is 0.000000490. The van der Waals surface area contributed by atoms with Crippen molar-refractivity contribution in [2.75, 3.05) is 0 Å². The second-order valence-corrected chi connectivity index (χ2v) is 1.32. The molecule has 0 aliphatic carbocycles. The maximum atomic E-state index is 3.87. The maximum Gasteiger partial charge on any atom is 0.0222 e. The molecule has 0 bridgehead atoms. The Hall–Kier alpha value is -0.357. The van der Waals surface area contributed by atoms with Crippen molar-refractivity contribution in [1.82, 2.24) is 4.98 Å². The Morgan fingerprint density at radius 1 is 1.38 bits per heavy atom. The molecule has 1 heterocycles. The molecule has 2 heteroatoms. The number of nitrogens with zero attached hydrogens (tertiary/aromatic N) is 1. The molecule has 0 saturated heterocycles. The Bertz CT molecular complexity index is 138. The van der Waals surface area contributed by atoms with Crippen LogP contribution in [0.5, 0.6) is 0 Å². The number of aromatic nitrogens is 1. The molecule has 0 aliphatic rings. The summed E-state index contributed by atoms with van der Waals surface area (Å²) in [6.45, 7) is 3.61. The molecule has 0 spiro atoms. The molecule has 0 fully saturated rings. The van der Waals surface area contributed by atoms with E-state index in [1.807, 2.05) is 18.2 Å². The Morgan fingerprint density at radius 2 is 2.12 bits per heavy atom. The molecule has 0 radical (unpaired) electrons. The molecule has 1 aromatic rings. The molecule has 8 heavy (non-hydrogen) atoms. The van der Waals surface area contributed by atoms with Gasteiger partial charge in [-0.2, -0.15) is 6.07 Å². The fraction of sp³-hybridized carbons (Fsp3) is 0. The van der Waals surface area contributed by atoms with Crippen LogP contribution in [0.25, 0.3) is 0 Å². The van der Waals surface area contributed by atoms with Crippen LogP contribution in [0.15, 0.2) is 24.4 Å². The first kappa shape index (κ1) is 7.64. The van der Waals surface area contributed by atoms with Gasteiger partial charge in [-0.3, -0.25) is 4.98 Å². The predicted molar refractivity (Wildman–Crippen MR) is 28.7 cm³/mol. The van der Waals surface area contributed by atoms with Crippen LogP contribution in [-0.2, 0) is 19.5 Å². The third kappa shape index (κ3) is 2.08. The van der Waals surface area contributed by atoms with E-state index in [1.54, 1.807) is 6.20 Å². The zero-order valence-electron chi connectivity index (χ0n) is 4.67. The van der Waals surface area contributed by atoms with Crippen molar-refractivity contribution >= 4 is 0 Å². The summed E-state index contributed by atoms with van der Waals surface area (Å²) >= 11 is 0. The van der Waals surface area contributed by atoms with E-state index in [2.05, 4.69) is 11.9 Å². The molecule has 0 aliphatic heterocycles. The summed E-state index contributed by atoms with van der Waals surface area (Å²) in [4.78, 5) is 3.87. The monoisotopic (exact) mass is 156 g/mol. The minimum absolute atomic E-state index is 0. The largest absolute Gasteiger partial charge is 0.296 e. The molecule has 1 rings (SSSR count). The number of hydrogen-bond acceptors (Lipinski definition) is 1. The Labute approximate surface area is 61.9 Å². The van der Waals surface area contributed by atoms with Gasteiger partial charge in [0, 0.05) is 25.7 Å². The molecule has 0 unspecified atom stereocenters. The second kappa shape index (κ2) is 3.62. The van der Waals surface area contributed by atoms with Crippen molar-refractivity contribution in [2.24, 2.45) is 0 Å². The summed E-state index contributed by atoms with van der Waals surface area (Å²) in [7, 11) is 0. The summed E-state index contributed by atoms with van der Waals surface area (Å²) in [5, 5.41) is 0. The first-order valence-corrected chi connectivity index (χ1v) is 2.12. The van der Waals surface area contributed by atoms with E-state index in [1.165, 1.54) is 0 Å². The zero-order chi connectivity index (χ0) is 5.11. The van der Waals surface area contributed by atoms with Crippen LogP contribution in [0.1, 0.15) is 5.69 Å². The summed E-state index contributed by atoms with van der Waals surface area (Å²) in [5.74, 6) is 0. The van der Waals surface area contributed by atoms with E-state index in [0.29, 0.717) is 0 Å². The van der Waals surface area contributed by atoms with Gasteiger partial charge in [-0.25, -0.2) is 6.92 Å². The van der Waals surface area contributed by atoms with Crippen molar-refractivity contribution in [1.29, 1.82) is 0 Å². The van der Waals surface area contributed by atoms with Crippen molar-refractivity contribution in [3.8, 4) is 0 Å². The minimum Gasteiger partial charge on any atom is -0.296 e. The first-order chi connectivity index (χ1) is 3.39. The van der Waals surface area contributed by atoms with Gasteiger partial charge in [0.1, 0.15) is 0 Å². The minimum atomic E-state index is 0. The number of rotatable bonds is 0. The van der Waals surface area contributed by atoms with Gasteiger partial charge in [0.25, 0.3) is 0 Å². The van der Waals surface area contributed by atoms with Gasteiger partial charge in [0.15, 0.2) is 0 Å². The van der Waals surface area contributed by atoms with Gasteiger partial charge >= 0.3 is 0 Å². The fourth-order valence-corrected chi connectivity index (χ4v) is 0.398. The van der Waals surface area contributed by atoms with Crippen molar-refractivity contribution in [2.45, 2.75) is 0 Å². The molecule has 0 atom stereocenters. The van der Waals surface area contributed by atoms with Gasteiger partial charge < -0.3 is 0 Å². The smallest absolute Gasteiger partial charge is 0.0222 e. The molecule has 1 aromatic heterocycles. The molecule has 0 amide bonds. The zero-order valence-corrected chi connectivity index (χ0v) is 7.64. The quantitative estimate of drug-likeness (QED) is 0.408. The Morgan fingerprint density at radius 3 is 2.38 bits per heavy atom. The van der Waals surface area contributed by atoms with E-state index in [-0.39, 0.29) is 19.5 Å². The summed E-state index contributed by atoms with van der Waals surface area (Å²) in [6.07, 6.45) is 1.72. The van der Waals surface area contributed by atoms with Crippen LogP contribution in [0.2, 0.25) is 0 Å². The normalized spacial score (nSPS) is 7.50. The van der Waals surface area contributed by atoms with Crippen LogP contribution < -0.4 is 0 Å². The average Bonchev–Trinajstić information content (AvgIpc) is 1.69. The van der Waals surface area contributed by atoms with E-state index in [4.69, 9.17) is 0 Å². The van der Waals surface area contributed by atoms with Gasteiger partial charge in [-0.15, -0.1) is 11.8 Å². The average molecular weight is 158 g/mol. The number of pyridine rings is 1. The summed E-state index contributed by atoms with van der Waals surface area (Å²) < 4.78 is 0. The standard InChI is InChI=1S/C6H6N.Zn/c1-6-4-2-3-5-7-6;/h2-5H,1H2;/q-1;. The van der Waals surface area contributed by atoms with Crippen LogP contribution >= 0.6 is 0 Å². The van der Waals surface area contributed by atoms with Crippen molar-refractivity contribution < 1.29 is 19.5 Å². The van der Waals surface area contributed by atoms with Crippen LogP contribution in [0.3, 0.4) is 0 Å². The van der Waals surface area contributed by atoms with Crippen molar-refractivity contribution in [3.05, 3.63) is 37.0 Å². The summed E-state index contributed by atoms with van der Waals surface area (Å²) in [5.41, 5.74) is 0.822. The molecule has 0 saturated carbocycles. The van der Waals surface area contributed by atoms with Gasteiger partial charge in [-0.05, 0) is 0 Å². The maximum absolute atomic E-state index is 3.87. The molecular weight excluding hydrogens is 151 g/mol. The summed E-state index contributed by atoms with van der Waals surface area (Å²) in [6, 6.07) is 5.64. The molecular formula is C6H6NZn-. The van der Waals surface area contributed by atoms with E-state index in [9.17, 15) is 0 Å². The van der Waals surface area contributed by atoms with Gasteiger partial charge in [-0.1, -0.05) is 6.07 Å². The molecule has 0 N–H and O–H groups in total. The Kier molecular flexibility index (Phi) is 3.46. The van der Waals surface area contributed by atoms with Gasteiger partial charge in [0.05, 0.1) is 0 Å². The van der Waals surface area contributed by atoms with Crippen LogP contribution in [0.4, 0.5) is 0 Å². The van der Waals surface area contributed by atoms with Crippen LogP contribution in [-0.4, -0.2) is 4.98 Å². The topological polar surface area (TPSA) is 12.9 Å². The SMILES string of the molecule is [CH2-]c1ccccn1.[Zn]. The second-order valence-electron chi connectivity index (χ2n) is 1.32. The first-order valence-electron chi connectivity index (χ1n) is 2.12. The van der Waals surface area contributed by atoms with Crippen molar-refractivity contribution in [3.63, 3.8) is 0 Å². The van der Waals surface area contributed by atoms with E-state index in [0.717, 1.165) is 5.69 Å². The fourth-order valence-electron chi connectivity index (χ4n) is 0.398. The third-order valence-electron chi connectivity index (χ3n) is 0.726. The van der Waals surface area contributed by atoms with E-state index < -0.39 is 0 Å². The molecule has 38 valence electrons. The van der Waals surface area contributed by atoms with Crippen LogP contribution in [0, 0.1) is 6.92 Å².